The summed E-state index contributed by atoms with van der Waals surface area (Å²) in [5.74, 6) is -1.26. The van der Waals surface area contributed by atoms with E-state index in [1.807, 2.05) is 18.7 Å². The topological polar surface area (TPSA) is 122 Å². The minimum atomic E-state index is -0.760. The lowest BCUT2D eigenvalue weighted by Gasteiger charge is -2.29. The van der Waals surface area contributed by atoms with Crippen LogP contribution in [0.25, 0.3) is 0 Å². The number of hydrogen-bond acceptors (Lipinski definition) is 9. The first-order valence-corrected chi connectivity index (χ1v) is 9.72. The molecule has 3 rings (SSSR count). The maximum Gasteiger partial charge on any atom is 0.330 e. The number of aliphatic hydroxyl groups excluding tert-OH is 1. The van der Waals surface area contributed by atoms with Gasteiger partial charge in [-0.05, 0) is 18.8 Å². The van der Waals surface area contributed by atoms with E-state index < -0.39 is 30.0 Å². The molecule has 2 fully saturated rings. The number of carbonyl (C=O) groups excluding carboxylic acids is 3. The predicted octanol–water partition coefficient (Wildman–Crippen LogP) is 0.622. The summed E-state index contributed by atoms with van der Waals surface area (Å²) in [5, 5.41) is 16.4. The first kappa shape index (κ1) is 20.5. The zero-order valence-electron chi connectivity index (χ0n) is 16.2. The van der Waals surface area contributed by atoms with Crippen LogP contribution in [0.5, 0.6) is 0 Å². The maximum absolute atomic E-state index is 12.6. The molecule has 9 nitrogen and oxygen atoms in total. The summed E-state index contributed by atoms with van der Waals surface area (Å²) in [6, 6.07) is 1.02. The molecule has 154 valence electrons. The van der Waals surface area contributed by atoms with Gasteiger partial charge < -0.3 is 29.4 Å². The molecule has 2 N–H and O–H groups in total. The van der Waals surface area contributed by atoms with E-state index in [0.717, 1.165) is 19.1 Å². The van der Waals surface area contributed by atoms with Gasteiger partial charge in [0.2, 0.25) is 0 Å². The number of rotatable bonds is 6. The van der Waals surface area contributed by atoms with E-state index in [1.54, 1.807) is 6.07 Å². The van der Waals surface area contributed by atoms with Crippen LogP contribution in [0.15, 0.2) is 10.6 Å². The number of nitrogens with one attached hydrogen (secondary N) is 1. The van der Waals surface area contributed by atoms with E-state index in [4.69, 9.17) is 9.26 Å². The largest absolute Gasteiger partial charge is 0.392 e. The number of β-amino-alcohol motifs (C(OH)–C–C–N with tert-alkyl or cyclic N) is 1. The van der Waals surface area contributed by atoms with Crippen molar-refractivity contribution in [1.82, 2.24) is 10.5 Å². The van der Waals surface area contributed by atoms with Gasteiger partial charge in [-0.15, -0.1) is 0 Å². The minimum absolute atomic E-state index is 0.0785. The molecule has 2 aliphatic rings. The van der Waals surface area contributed by atoms with Gasteiger partial charge in [0, 0.05) is 38.0 Å². The van der Waals surface area contributed by atoms with Gasteiger partial charge >= 0.3 is 11.9 Å². The van der Waals surface area contributed by atoms with Crippen molar-refractivity contribution in [2.75, 3.05) is 24.5 Å². The van der Waals surface area contributed by atoms with Crippen LogP contribution in [-0.2, 0) is 19.1 Å². The zero-order chi connectivity index (χ0) is 20.3. The second kappa shape index (κ2) is 8.83. The summed E-state index contributed by atoms with van der Waals surface area (Å²) < 4.78 is 10.5. The maximum atomic E-state index is 12.6. The van der Waals surface area contributed by atoms with Crippen LogP contribution in [0.3, 0.4) is 0 Å². The number of hydrogen-bond donors (Lipinski definition) is 2. The van der Waals surface area contributed by atoms with Crippen molar-refractivity contribution in [1.29, 1.82) is 0 Å². The van der Waals surface area contributed by atoms with E-state index in [-0.39, 0.29) is 18.3 Å². The fourth-order valence-electron chi connectivity index (χ4n) is 3.69. The quantitative estimate of drug-likeness (QED) is 0.407. The molecule has 0 aromatic carbocycles. The molecule has 28 heavy (non-hydrogen) atoms. The Morgan fingerprint density at radius 2 is 2.11 bits per heavy atom. The number of aromatic nitrogens is 1. The van der Waals surface area contributed by atoms with Gasteiger partial charge in [0.25, 0.3) is 0 Å². The third-order valence-corrected chi connectivity index (χ3v) is 5.39. The molecular formula is C19H27N3O6. The highest BCUT2D eigenvalue weighted by Crippen LogP contribution is 2.30. The smallest absolute Gasteiger partial charge is 0.330 e. The Balaban J connectivity index is 1.65. The van der Waals surface area contributed by atoms with Gasteiger partial charge in [-0.1, -0.05) is 19.0 Å². The molecule has 3 heterocycles. The molecule has 0 bridgehead atoms. The van der Waals surface area contributed by atoms with E-state index in [2.05, 4.69) is 10.5 Å². The average Bonchev–Trinajstić information content (AvgIpc) is 3.31. The number of nitrogens with zero attached hydrogens (tertiary/aromatic N) is 2. The highest BCUT2D eigenvalue weighted by Gasteiger charge is 2.36. The van der Waals surface area contributed by atoms with Crippen molar-refractivity contribution < 1.29 is 28.8 Å². The SMILES string of the molecule is CC(C)[C@H](C(=O)OC(=O)C1CC(O)CN1)c1cc(N2CCC(C=O)CC2)no1. The summed E-state index contributed by atoms with van der Waals surface area (Å²) in [6.45, 7) is 5.37. The Labute approximate surface area is 163 Å². The van der Waals surface area contributed by atoms with E-state index in [1.165, 1.54) is 0 Å². The Hall–Kier alpha value is -2.26. The molecule has 0 saturated carbocycles. The molecule has 0 aliphatic carbocycles. The molecule has 0 radical (unpaired) electrons. The van der Waals surface area contributed by atoms with Crippen molar-refractivity contribution in [2.24, 2.45) is 11.8 Å². The van der Waals surface area contributed by atoms with E-state index in [9.17, 15) is 19.5 Å². The minimum Gasteiger partial charge on any atom is -0.392 e. The highest BCUT2D eigenvalue weighted by molar-refractivity contribution is 5.91. The molecule has 1 aromatic rings. The fraction of sp³-hybridized carbons (Fsp3) is 0.684. The Kier molecular flexibility index (Phi) is 6.46. The van der Waals surface area contributed by atoms with Crippen molar-refractivity contribution in [3.05, 3.63) is 11.8 Å². The van der Waals surface area contributed by atoms with E-state index >= 15 is 0 Å². The summed E-state index contributed by atoms with van der Waals surface area (Å²) in [4.78, 5) is 37.7. The molecule has 3 atom stereocenters. The predicted molar refractivity (Wildman–Crippen MR) is 98.6 cm³/mol. The normalized spacial score (nSPS) is 24.4. The number of anilines is 1. The summed E-state index contributed by atoms with van der Waals surface area (Å²) in [6.07, 6.45) is 2.12. The van der Waals surface area contributed by atoms with Gasteiger partial charge in [0.1, 0.15) is 18.2 Å². The fourth-order valence-corrected chi connectivity index (χ4v) is 3.69. The number of aldehydes is 1. The average molecular weight is 393 g/mol. The zero-order valence-corrected chi connectivity index (χ0v) is 16.2. The van der Waals surface area contributed by atoms with Crippen LogP contribution in [0.1, 0.15) is 44.8 Å². The first-order chi connectivity index (χ1) is 13.4. The summed E-state index contributed by atoms with van der Waals surface area (Å²) in [5.41, 5.74) is 0. The second-order valence-electron chi connectivity index (χ2n) is 7.86. The summed E-state index contributed by atoms with van der Waals surface area (Å²) in [7, 11) is 0. The molecule has 9 heteroatoms. The van der Waals surface area contributed by atoms with Gasteiger partial charge in [0.15, 0.2) is 11.6 Å². The summed E-state index contributed by atoms with van der Waals surface area (Å²) >= 11 is 0. The van der Waals surface area contributed by atoms with Gasteiger partial charge in [-0.25, -0.2) is 4.79 Å². The molecule has 2 unspecified atom stereocenters. The lowest BCUT2D eigenvalue weighted by molar-refractivity contribution is -0.163. The first-order valence-electron chi connectivity index (χ1n) is 9.72. The number of ether oxygens (including phenoxy) is 1. The molecule has 1 aromatic heterocycles. The molecule has 2 aliphatic heterocycles. The second-order valence-corrected chi connectivity index (χ2v) is 7.86. The van der Waals surface area contributed by atoms with Crippen LogP contribution < -0.4 is 10.2 Å². The van der Waals surface area contributed by atoms with Crippen LogP contribution in [0, 0.1) is 11.8 Å². The van der Waals surface area contributed by atoms with Crippen LogP contribution in [0.4, 0.5) is 5.82 Å². The van der Waals surface area contributed by atoms with Crippen molar-refractivity contribution >= 4 is 24.0 Å². The van der Waals surface area contributed by atoms with E-state index in [0.29, 0.717) is 31.2 Å². The molecular weight excluding hydrogens is 366 g/mol. The van der Waals surface area contributed by atoms with Crippen LogP contribution in [-0.4, -0.2) is 60.3 Å². The lowest BCUT2D eigenvalue weighted by atomic mass is 9.93. The highest BCUT2D eigenvalue weighted by atomic mass is 16.6. The number of carbonyl (C=O) groups is 3. The van der Waals surface area contributed by atoms with Gasteiger partial charge in [0.05, 0.1) is 6.10 Å². The van der Waals surface area contributed by atoms with Crippen molar-refractivity contribution in [3.63, 3.8) is 0 Å². The third-order valence-electron chi connectivity index (χ3n) is 5.39. The Bertz CT molecular complexity index is 710. The Morgan fingerprint density at radius 3 is 2.68 bits per heavy atom. The van der Waals surface area contributed by atoms with Crippen LogP contribution >= 0.6 is 0 Å². The molecule has 0 spiro atoms. The Morgan fingerprint density at radius 1 is 1.39 bits per heavy atom. The number of esters is 2. The number of aliphatic hydroxyl groups is 1. The number of piperidine rings is 1. The third kappa shape index (κ3) is 4.59. The monoisotopic (exact) mass is 393 g/mol. The van der Waals surface area contributed by atoms with Crippen molar-refractivity contribution in [3.8, 4) is 0 Å². The lowest BCUT2D eigenvalue weighted by Crippen LogP contribution is -2.35. The molecule has 2 saturated heterocycles. The van der Waals surface area contributed by atoms with Crippen LogP contribution in [0.2, 0.25) is 0 Å². The van der Waals surface area contributed by atoms with Crippen molar-refractivity contribution in [2.45, 2.75) is 51.2 Å². The standard InChI is InChI=1S/C19H27N3O6/c1-11(2)17(19(26)27-18(25)14-7-13(24)9-20-14)15-8-16(21-28-15)22-5-3-12(10-23)4-6-22/h8,10-14,17,20,24H,3-7,9H2,1-2H3/t13?,14?,17-/m0/s1. The molecule has 0 amide bonds. The van der Waals surface area contributed by atoms with Gasteiger partial charge in [-0.3, -0.25) is 4.79 Å². The van der Waals surface area contributed by atoms with Gasteiger partial charge in [-0.2, -0.15) is 0 Å².